The van der Waals surface area contributed by atoms with Crippen LogP contribution in [-0.4, -0.2) is 64.8 Å². The van der Waals surface area contributed by atoms with Gasteiger partial charge in [-0.3, -0.25) is 14.4 Å². The molecule has 1 aromatic carbocycles. The van der Waals surface area contributed by atoms with Gasteiger partial charge >= 0.3 is 0 Å². The Labute approximate surface area is 201 Å². The number of carbonyl (C=O) groups excluding carboxylic acids is 3. The van der Waals surface area contributed by atoms with E-state index < -0.39 is 0 Å². The molecule has 174 valence electrons. The third-order valence-electron chi connectivity index (χ3n) is 5.90. The Kier molecular flexibility index (Phi) is 6.76. The molecule has 2 aliphatic rings. The summed E-state index contributed by atoms with van der Waals surface area (Å²) in [7, 11) is 1.56. The monoisotopic (exact) mass is 486 g/mol. The fourth-order valence-corrected chi connectivity index (χ4v) is 6.42. The van der Waals surface area contributed by atoms with Crippen molar-refractivity contribution in [3.63, 3.8) is 0 Å². The number of carbonyl (C=O) groups is 3. The van der Waals surface area contributed by atoms with Crippen molar-refractivity contribution in [1.29, 1.82) is 0 Å². The van der Waals surface area contributed by atoms with Crippen molar-refractivity contribution in [1.82, 2.24) is 14.8 Å². The summed E-state index contributed by atoms with van der Waals surface area (Å²) in [6, 6.07) is 3.78. The molecule has 3 amide bonds. The van der Waals surface area contributed by atoms with Crippen molar-refractivity contribution < 1.29 is 19.1 Å². The van der Waals surface area contributed by atoms with Gasteiger partial charge in [0.1, 0.15) is 5.75 Å². The number of likely N-dealkylation sites (tertiary alicyclic amines) is 1. The van der Waals surface area contributed by atoms with Crippen LogP contribution in [0.15, 0.2) is 40.1 Å². The molecule has 1 unspecified atom stereocenters. The highest BCUT2D eigenvalue weighted by Crippen LogP contribution is 2.39. The van der Waals surface area contributed by atoms with Crippen LogP contribution in [0.2, 0.25) is 0 Å². The smallest absolute Gasteiger partial charge is 0.257 e. The van der Waals surface area contributed by atoms with E-state index in [-0.39, 0.29) is 29.8 Å². The zero-order chi connectivity index (χ0) is 23.7. The van der Waals surface area contributed by atoms with Crippen LogP contribution < -0.4 is 10.1 Å². The number of hydrogen-bond acceptors (Lipinski definition) is 7. The van der Waals surface area contributed by atoms with Crippen LogP contribution in [0.1, 0.15) is 35.7 Å². The number of methoxy groups -OCH3 is 1. The summed E-state index contributed by atoms with van der Waals surface area (Å²) in [5, 5.41) is 3.22. The fraction of sp³-hybridized carbons (Fsp3) is 0.391. The van der Waals surface area contributed by atoms with Crippen molar-refractivity contribution in [2.24, 2.45) is 0 Å². The van der Waals surface area contributed by atoms with Crippen LogP contribution in [0.5, 0.6) is 5.75 Å². The van der Waals surface area contributed by atoms with Crippen LogP contribution in [0.3, 0.4) is 0 Å². The maximum absolute atomic E-state index is 13.5. The number of anilines is 1. The third kappa shape index (κ3) is 4.77. The molecule has 10 heteroatoms. The van der Waals surface area contributed by atoms with Gasteiger partial charge in [-0.25, -0.2) is 4.98 Å². The van der Waals surface area contributed by atoms with E-state index in [2.05, 4.69) is 16.9 Å². The van der Waals surface area contributed by atoms with Gasteiger partial charge in [-0.05, 0) is 43.5 Å². The van der Waals surface area contributed by atoms with Gasteiger partial charge in [0, 0.05) is 24.9 Å². The first-order valence-corrected chi connectivity index (χ1v) is 12.3. The van der Waals surface area contributed by atoms with Crippen LogP contribution in [0.25, 0.3) is 0 Å². The van der Waals surface area contributed by atoms with Gasteiger partial charge in [0.2, 0.25) is 11.8 Å². The summed E-state index contributed by atoms with van der Waals surface area (Å²) >= 11 is 2.87. The number of ether oxygens (including phenoxy) is 1. The second-order valence-corrected chi connectivity index (χ2v) is 10.5. The summed E-state index contributed by atoms with van der Waals surface area (Å²) in [5.41, 5.74) is 1.48. The number of amides is 3. The lowest BCUT2D eigenvalue weighted by Gasteiger charge is -2.40. The normalized spacial score (nSPS) is 19.4. The van der Waals surface area contributed by atoms with Crippen LogP contribution in [0.4, 0.5) is 5.13 Å². The molecular weight excluding hydrogens is 460 g/mol. The van der Waals surface area contributed by atoms with Gasteiger partial charge in [0.25, 0.3) is 5.91 Å². The molecule has 3 heterocycles. The number of nitrogens with one attached hydrogen (secondary N) is 1. The van der Waals surface area contributed by atoms with E-state index in [1.165, 1.54) is 36.1 Å². The Balaban J connectivity index is 1.57. The van der Waals surface area contributed by atoms with E-state index in [4.69, 9.17) is 4.74 Å². The number of benzene rings is 1. The number of hydrogen-bond donors (Lipinski definition) is 1. The lowest BCUT2D eigenvalue weighted by atomic mass is 10.1. The van der Waals surface area contributed by atoms with E-state index >= 15 is 0 Å². The maximum Gasteiger partial charge on any atom is 0.257 e. The number of nitrogens with zero attached hydrogens (tertiary/aromatic N) is 3. The van der Waals surface area contributed by atoms with Crippen LogP contribution >= 0.6 is 23.1 Å². The summed E-state index contributed by atoms with van der Waals surface area (Å²) in [6.45, 7) is 8.03. The Morgan fingerprint density at radius 3 is 2.58 bits per heavy atom. The topological polar surface area (TPSA) is 91.8 Å². The zero-order valence-electron chi connectivity index (χ0n) is 18.8. The molecule has 8 nitrogen and oxygen atoms in total. The highest BCUT2D eigenvalue weighted by atomic mass is 32.2. The van der Waals surface area contributed by atoms with E-state index in [1.807, 2.05) is 28.9 Å². The average molecular weight is 487 g/mol. The van der Waals surface area contributed by atoms with E-state index in [0.29, 0.717) is 29.5 Å². The minimum absolute atomic E-state index is 0.0212. The van der Waals surface area contributed by atoms with Gasteiger partial charge in [0.15, 0.2) is 5.13 Å². The first-order chi connectivity index (χ1) is 15.8. The minimum Gasteiger partial charge on any atom is -0.496 e. The molecule has 33 heavy (non-hydrogen) atoms. The molecule has 0 spiro atoms. The Hall–Kier alpha value is -2.85. The Morgan fingerprint density at radius 1 is 1.27 bits per heavy atom. The summed E-state index contributed by atoms with van der Waals surface area (Å²) in [6.07, 6.45) is 4.84. The average Bonchev–Trinajstić information content (AvgIpc) is 3.33. The number of piperazine rings is 1. The predicted octanol–water partition coefficient (Wildman–Crippen LogP) is 3.57. The highest BCUT2D eigenvalue weighted by molar-refractivity contribution is 8.01. The molecule has 1 aromatic heterocycles. The van der Waals surface area contributed by atoms with Crippen molar-refractivity contribution in [3.8, 4) is 5.75 Å². The number of rotatable bonds is 6. The standard InChI is InChI=1S/C23H26N4O4S2/c1-5-20(29)27-15-6-7-16(27)12-26(11-15)22(30)17-9-19(13(2)8-18(17)31-4)32-21-10-24-23(33-21)25-14(3)28/h5,8-10,15-16H,1,6-7,11-12H2,2-4H3,(H,24,25,28)/t15-,16?/m0/s1. The SMILES string of the molecule is C=CC(=O)N1C2CC[C@H]1CN(C(=O)c1cc(Sc3cnc(NC(C)=O)s3)c(C)cc1OC)C2. The first kappa shape index (κ1) is 23.3. The second kappa shape index (κ2) is 9.56. The molecule has 2 aliphatic heterocycles. The van der Waals surface area contributed by atoms with E-state index in [1.54, 1.807) is 13.3 Å². The Bertz CT molecular complexity index is 1100. The van der Waals surface area contributed by atoms with Gasteiger partial charge in [-0.1, -0.05) is 29.7 Å². The molecule has 1 N–H and O–H groups in total. The summed E-state index contributed by atoms with van der Waals surface area (Å²) in [4.78, 5) is 45.9. The molecule has 2 aromatic rings. The van der Waals surface area contributed by atoms with Gasteiger partial charge in [0.05, 0.1) is 35.2 Å². The number of aryl methyl sites for hydroxylation is 1. The quantitative estimate of drug-likeness (QED) is 0.628. The van der Waals surface area contributed by atoms with Gasteiger partial charge in [-0.2, -0.15) is 0 Å². The fourth-order valence-electron chi connectivity index (χ4n) is 4.44. The predicted molar refractivity (Wildman–Crippen MR) is 128 cm³/mol. The Morgan fingerprint density at radius 2 is 1.97 bits per heavy atom. The van der Waals surface area contributed by atoms with Crippen molar-refractivity contribution >= 4 is 46.0 Å². The van der Waals surface area contributed by atoms with Crippen molar-refractivity contribution in [2.45, 2.75) is 47.9 Å². The van der Waals surface area contributed by atoms with Crippen molar-refractivity contribution in [2.75, 3.05) is 25.5 Å². The number of fused-ring (bicyclic) bond motifs is 2. The van der Waals surface area contributed by atoms with Gasteiger partial charge < -0.3 is 19.9 Å². The largest absolute Gasteiger partial charge is 0.496 e. The third-order valence-corrected chi connectivity index (χ3v) is 8.08. The lowest BCUT2D eigenvalue weighted by molar-refractivity contribution is -0.131. The molecule has 0 aliphatic carbocycles. The van der Waals surface area contributed by atoms with Crippen LogP contribution in [0, 0.1) is 6.92 Å². The van der Waals surface area contributed by atoms with E-state index in [0.717, 1.165) is 27.5 Å². The lowest BCUT2D eigenvalue weighted by Crippen LogP contribution is -2.56. The first-order valence-electron chi connectivity index (χ1n) is 10.6. The minimum atomic E-state index is -0.168. The maximum atomic E-state index is 13.5. The number of aromatic nitrogens is 1. The molecule has 2 atom stereocenters. The zero-order valence-corrected chi connectivity index (χ0v) is 20.4. The molecule has 4 rings (SSSR count). The molecule has 0 saturated carbocycles. The summed E-state index contributed by atoms with van der Waals surface area (Å²) < 4.78 is 6.45. The highest BCUT2D eigenvalue weighted by Gasteiger charge is 2.43. The van der Waals surface area contributed by atoms with Gasteiger partial charge in [-0.15, -0.1) is 0 Å². The number of thiazole rings is 1. The molecule has 0 radical (unpaired) electrons. The van der Waals surface area contributed by atoms with Crippen molar-refractivity contribution in [3.05, 3.63) is 42.1 Å². The summed E-state index contributed by atoms with van der Waals surface area (Å²) in [5.74, 6) is 0.198. The van der Waals surface area contributed by atoms with E-state index in [9.17, 15) is 14.4 Å². The molecule has 2 saturated heterocycles. The van der Waals surface area contributed by atoms with Crippen LogP contribution in [-0.2, 0) is 9.59 Å². The molecule has 2 fully saturated rings. The second-order valence-electron chi connectivity index (χ2n) is 8.13. The molecule has 2 bridgehead atoms. The molecular formula is C23H26N4O4S2.